The minimum Gasteiger partial charge on any atom is -0.417 e. The predicted molar refractivity (Wildman–Crippen MR) is 102 cm³/mol. The van der Waals surface area contributed by atoms with Crippen LogP contribution >= 0.6 is 0 Å². The average molecular weight is 368 g/mol. The Kier molecular flexibility index (Phi) is 7.77. The highest BCUT2D eigenvalue weighted by molar-refractivity contribution is 6.90. The fourth-order valence-corrected chi connectivity index (χ4v) is 16.9. The Labute approximate surface area is 136 Å². The lowest BCUT2D eigenvalue weighted by atomic mass is 10.3. The van der Waals surface area contributed by atoms with Crippen LogP contribution in [-0.2, 0) is 12.3 Å². The van der Waals surface area contributed by atoms with Gasteiger partial charge in [0.25, 0.3) is 0 Å². The van der Waals surface area contributed by atoms with Gasteiger partial charge in [0.15, 0.2) is 25.0 Å². The lowest BCUT2D eigenvalue weighted by molar-refractivity contribution is 0.235. The maximum Gasteiger partial charge on any atom is 0.472 e. The molecule has 4 nitrogen and oxygen atoms in total. The summed E-state index contributed by atoms with van der Waals surface area (Å²) in [6.07, 6.45) is 0.895. The third kappa shape index (κ3) is 9.44. The van der Waals surface area contributed by atoms with Crippen molar-refractivity contribution in [2.24, 2.45) is 5.73 Å². The zero-order valence-electron chi connectivity index (χ0n) is 15.8. The van der Waals surface area contributed by atoms with Gasteiger partial charge >= 0.3 is 8.80 Å². The quantitative estimate of drug-likeness (QED) is 0.620. The topological polar surface area (TPSA) is 53.7 Å². The lowest BCUT2D eigenvalue weighted by Crippen LogP contribution is -2.62. The fourth-order valence-electron chi connectivity index (χ4n) is 2.07. The number of hydrogen-bond acceptors (Lipinski definition) is 4. The molecule has 1 atom stereocenters. The molecule has 0 aromatic carbocycles. The van der Waals surface area contributed by atoms with Crippen molar-refractivity contribution in [3.05, 3.63) is 0 Å². The van der Waals surface area contributed by atoms with E-state index in [1.54, 1.807) is 0 Å². The van der Waals surface area contributed by atoms with Crippen LogP contribution in [0.2, 0.25) is 64.5 Å². The van der Waals surface area contributed by atoms with Crippen LogP contribution < -0.4 is 5.73 Å². The Balaban J connectivity index is 5.69. The predicted octanol–water partition coefficient (Wildman–Crippen LogP) is 4.22. The third-order valence-electron chi connectivity index (χ3n) is 2.55. The van der Waals surface area contributed by atoms with Crippen molar-refractivity contribution in [1.82, 2.24) is 0 Å². The maximum atomic E-state index is 6.64. The lowest BCUT2D eigenvalue weighted by Gasteiger charge is -2.45. The summed E-state index contributed by atoms with van der Waals surface area (Å²) in [6, 6.07) is 0. The van der Waals surface area contributed by atoms with Gasteiger partial charge in [-0.15, -0.1) is 0 Å². The molecule has 0 aliphatic rings. The SMILES string of the molecule is CC(CCN)[Si](O[Si](C)(C)C)(O[Si](C)(C)C)O[Si](C)(C)C. The zero-order chi connectivity index (χ0) is 17.1. The van der Waals surface area contributed by atoms with Crippen molar-refractivity contribution in [1.29, 1.82) is 0 Å². The van der Waals surface area contributed by atoms with Crippen LogP contribution in [-0.4, -0.2) is 40.3 Å². The van der Waals surface area contributed by atoms with E-state index in [2.05, 4.69) is 65.8 Å². The molecule has 0 bridgehead atoms. The Morgan fingerprint density at radius 2 is 1.00 bits per heavy atom. The van der Waals surface area contributed by atoms with Crippen LogP contribution in [0.4, 0.5) is 0 Å². The van der Waals surface area contributed by atoms with Gasteiger partial charge in [-0.3, -0.25) is 0 Å². The van der Waals surface area contributed by atoms with Gasteiger partial charge < -0.3 is 18.1 Å². The summed E-state index contributed by atoms with van der Waals surface area (Å²) in [4.78, 5) is 0. The first kappa shape index (κ1) is 21.7. The van der Waals surface area contributed by atoms with Crippen LogP contribution in [0.15, 0.2) is 0 Å². The van der Waals surface area contributed by atoms with E-state index in [0.717, 1.165) is 6.42 Å². The van der Waals surface area contributed by atoms with Crippen LogP contribution in [0.3, 0.4) is 0 Å². The zero-order valence-corrected chi connectivity index (χ0v) is 19.8. The molecule has 0 saturated heterocycles. The summed E-state index contributed by atoms with van der Waals surface area (Å²) in [6.45, 7) is 22.8. The van der Waals surface area contributed by atoms with E-state index in [1.807, 2.05) is 0 Å². The second-order valence-corrected chi connectivity index (χ2v) is 26.0. The van der Waals surface area contributed by atoms with E-state index >= 15 is 0 Å². The van der Waals surface area contributed by atoms with Crippen LogP contribution in [0.5, 0.6) is 0 Å². The molecule has 128 valence electrons. The Morgan fingerprint density at radius 3 is 1.19 bits per heavy atom. The van der Waals surface area contributed by atoms with E-state index in [-0.39, 0.29) is 5.54 Å². The summed E-state index contributed by atoms with van der Waals surface area (Å²) in [5.74, 6) is 0. The Morgan fingerprint density at radius 1 is 0.714 bits per heavy atom. The molecule has 0 saturated carbocycles. The van der Waals surface area contributed by atoms with Gasteiger partial charge in [-0.2, -0.15) is 0 Å². The first-order chi connectivity index (χ1) is 9.10. The van der Waals surface area contributed by atoms with Crippen LogP contribution in [0.25, 0.3) is 0 Å². The highest BCUT2D eigenvalue weighted by Crippen LogP contribution is 2.36. The Bertz CT molecular complexity index is 280. The summed E-state index contributed by atoms with van der Waals surface area (Å²) in [7, 11) is -8.03. The first-order valence-corrected chi connectivity index (χ1v) is 19.9. The standard InChI is InChI=1S/C13H37NO3Si4/c1-13(11-12-14)21(15-18(2,3)4,16-19(5,6)7)17-20(8,9)10/h13H,11-12,14H2,1-10H3. The number of rotatable bonds is 9. The molecule has 0 rings (SSSR count). The van der Waals surface area contributed by atoms with Crippen molar-refractivity contribution in [3.8, 4) is 0 Å². The summed E-state index contributed by atoms with van der Waals surface area (Å²) < 4.78 is 19.9. The van der Waals surface area contributed by atoms with Gasteiger partial charge in [0.1, 0.15) is 0 Å². The van der Waals surface area contributed by atoms with Gasteiger partial charge in [-0.25, -0.2) is 0 Å². The molecule has 0 aromatic rings. The largest absolute Gasteiger partial charge is 0.472 e. The van der Waals surface area contributed by atoms with E-state index in [4.69, 9.17) is 18.1 Å². The third-order valence-corrected chi connectivity index (χ3v) is 14.8. The molecule has 0 heterocycles. The van der Waals surface area contributed by atoms with Crippen molar-refractivity contribution < 1.29 is 12.3 Å². The molecule has 0 amide bonds. The highest BCUT2D eigenvalue weighted by atomic mass is 28.5. The molecule has 2 N–H and O–H groups in total. The monoisotopic (exact) mass is 367 g/mol. The normalized spacial score (nSPS) is 16.1. The summed E-state index contributed by atoms with van der Waals surface area (Å²) >= 11 is 0. The van der Waals surface area contributed by atoms with E-state index in [0.29, 0.717) is 6.54 Å². The second-order valence-electron chi connectivity index (χ2n) is 8.73. The molecule has 8 heteroatoms. The van der Waals surface area contributed by atoms with E-state index < -0.39 is 33.8 Å². The molecule has 0 radical (unpaired) electrons. The van der Waals surface area contributed by atoms with Gasteiger partial charge in [0.2, 0.25) is 0 Å². The van der Waals surface area contributed by atoms with Crippen molar-refractivity contribution >= 4 is 33.8 Å². The van der Waals surface area contributed by atoms with Crippen molar-refractivity contribution in [3.63, 3.8) is 0 Å². The molecule has 0 spiro atoms. The number of hydrogen-bond donors (Lipinski definition) is 1. The average Bonchev–Trinajstić information content (AvgIpc) is 2.08. The van der Waals surface area contributed by atoms with Gasteiger partial charge in [0, 0.05) is 5.54 Å². The van der Waals surface area contributed by atoms with Crippen LogP contribution in [0, 0.1) is 0 Å². The van der Waals surface area contributed by atoms with E-state index in [1.165, 1.54) is 0 Å². The van der Waals surface area contributed by atoms with Gasteiger partial charge in [-0.05, 0) is 71.9 Å². The van der Waals surface area contributed by atoms with Crippen molar-refractivity contribution in [2.45, 2.75) is 77.8 Å². The van der Waals surface area contributed by atoms with Gasteiger partial charge in [-0.1, -0.05) is 6.92 Å². The number of nitrogens with two attached hydrogens (primary N) is 1. The molecular formula is C13H37NO3Si4. The molecule has 0 fully saturated rings. The van der Waals surface area contributed by atoms with Gasteiger partial charge in [0.05, 0.1) is 0 Å². The molecular weight excluding hydrogens is 330 g/mol. The van der Waals surface area contributed by atoms with Crippen LogP contribution in [0.1, 0.15) is 13.3 Å². The molecule has 21 heavy (non-hydrogen) atoms. The summed E-state index contributed by atoms with van der Waals surface area (Å²) in [5, 5.41) is 0. The highest BCUT2D eigenvalue weighted by Gasteiger charge is 2.53. The molecule has 1 unspecified atom stereocenters. The molecule has 0 aromatic heterocycles. The maximum absolute atomic E-state index is 6.64. The fraction of sp³-hybridized carbons (Fsp3) is 1.00. The minimum atomic E-state index is -2.72. The first-order valence-electron chi connectivity index (χ1n) is 7.91. The summed E-state index contributed by atoms with van der Waals surface area (Å²) in [5.41, 5.74) is 6.06. The Hall–Kier alpha value is 0.708. The minimum absolute atomic E-state index is 0.257. The second kappa shape index (κ2) is 7.52. The molecule has 0 aliphatic heterocycles. The molecule has 0 aliphatic carbocycles. The smallest absolute Gasteiger partial charge is 0.417 e. The van der Waals surface area contributed by atoms with E-state index in [9.17, 15) is 0 Å². The van der Waals surface area contributed by atoms with Crippen molar-refractivity contribution in [2.75, 3.05) is 6.54 Å².